The van der Waals surface area contributed by atoms with Crippen molar-refractivity contribution < 1.29 is 33.7 Å². The van der Waals surface area contributed by atoms with Crippen molar-refractivity contribution in [2.75, 3.05) is 11.9 Å². The second kappa shape index (κ2) is 9.82. The molecular weight excluding hydrogens is 381 g/mol. The molecule has 0 aromatic heterocycles. The van der Waals surface area contributed by atoms with Gasteiger partial charge in [0.15, 0.2) is 6.10 Å². The van der Waals surface area contributed by atoms with Gasteiger partial charge in [-0.1, -0.05) is 6.92 Å². The third-order valence-corrected chi connectivity index (χ3v) is 5.21. The highest BCUT2D eigenvalue weighted by Gasteiger charge is 2.34. The molecule has 29 heavy (non-hydrogen) atoms. The van der Waals surface area contributed by atoms with Gasteiger partial charge in [-0.05, 0) is 50.7 Å². The van der Waals surface area contributed by atoms with E-state index in [9.17, 15) is 29.0 Å². The Bertz CT molecular complexity index is 781. The van der Waals surface area contributed by atoms with Crippen LogP contribution in [0.25, 0.3) is 0 Å². The Balaban J connectivity index is 2.41. The summed E-state index contributed by atoms with van der Waals surface area (Å²) in [6, 6.07) is 3.11. The molecule has 0 aliphatic carbocycles. The zero-order valence-electron chi connectivity index (χ0n) is 16.9. The lowest BCUT2D eigenvalue weighted by molar-refractivity contribution is -0.144. The summed E-state index contributed by atoms with van der Waals surface area (Å²) in [5.74, 6) is -3.52. The number of rotatable bonds is 2. The summed E-state index contributed by atoms with van der Waals surface area (Å²) in [5, 5.41) is 23.3. The van der Waals surface area contributed by atoms with E-state index in [1.165, 1.54) is 6.07 Å². The maximum absolute atomic E-state index is 14.3. The van der Waals surface area contributed by atoms with Crippen LogP contribution in [-0.2, 0) is 20.7 Å². The van der Waals surface area contributed by atoms with Gasteiger partial charge in [-0.3, -0.25) is 9.59 Å². The van der Waals surface area contributed by atoms with Crippen LogP contribution in [0, 0.1) is 5.92 Å². The molecule has 8 heteroatoms. The maximum atomic E-state index is 14.3. The summed E-state index contributed by atoms with van der Waals surface area (Å²) in [4.78, 5) is 36.8. The van der Waals surface area contributed by atoms with Crippen molar-refractivity contribution in [1.29, 1.82) is 0 Å². The minimum atomic E-state index is -2.02. The number of cyclic esters (lactones) is 1. The Morgan fingerprint density at radius 2 is 1.90 bits per heavy atom. The summed E-state index contributed by atoms with van der Waals surface area (Å²) in [5.41, 5.74) is 1.09. The SMILES string of the molecule is CCNc1cc(O)c2c(c1)CCCC(=O)C(=O)C(O)C(F)C[C@H](C)[C@H](C)OC2=O. The normalized spacial score (nSPS) is 27.0. The largest absolute Gasteiger partial charge is 0.507 e. The van der Waals surface area contributed by atoms with E-state index in [0.717, 1.165) is 0 Å². The molecule has 0 bridgehead atoms. The number of ketones is 2. The van der Waals surface area contributed by atoms with Crippen LogP contribution in [0.15, 0.2) is 12.1 Å². The summed E-state index contributed by atoms with van der Waals surface area (Å²) in [6.07, 6.45) is -4.74. The molecule has 0 amide bonds. The number of carbonyl (C=O) groups is 3. The van der Waals surface area contributed by atoms with Crippen molar-refractivity contribution in [2.45, 2.75) is 64.8 Å². The molecule has 1 aliphatic heterocycles. The van der Waals surface area contributed by atoms with Gasteiger partial charge in [-0.2, -0.15) is 0 Å². The zero-order chi connectivity index (χ0) is 21.7. The van der Waals surface area contributed by atoms with Gasteiger partial charge < -0.3 is 20.3 Å². The number of halogens is 1. The number of esters is 1. The third kappa shape index (κ3) is 5.53. The Morgan fingerprint density at radius 1 is 1.21 bits per heavy atom. The molecule has 0 fully saturated rings. The average molecular weight is 409 g/mol. The first-order chi connectivity index (χ1) is 13.6. The fourth-order valence-corrected chi connectivity index (χ4v) is 3.34. The van der Waals surface area contributed by atoms with Gasteiger partial charge in [0.05, 0.1) is 0 Å². The van der Waals surface area contributed by atoms with E-state index in [2.05, 4.69) is 5.32 Å². The number of aliphatic hydroxyl groups is 1. The highest BCUT2D eigenvalue weighted by atomic mass is 19.1. The van der Waals surface area contributed by atoms with E-state index in [0.29, 0.717) is 17.8 Å². The Hall–Kier alpha value is -2.48. The highest BCUT2D eigenvalue weighted by Crippen LogP contribution is 2.30. The molecule has 1 heterocycles. The molecule has 1 aromatic rings. The van der Waals surface area contributed by atoms with Gasteiger partial charge in [-0.25, -0.2) is 9.18 Å². The van der Waals surface area contributed by atoms with Crippen LogP contribution >= 0.6 is 0 Å². The number of fused-ring (bicyclic) bond motifs is 1. The van der Waals surface area contributed by atoms with Crippen LogP contribution < -0.4 is 5.32 Å². The molecule has 2 unspecified atom stereocenters. The van der Waals surface area contributed by atoms with Gasteiger partial charge in [0.1, 0.15) is 23.6 Å². The molecule has 7 nitrogen and oxygen atoms in total. The second-order valence-corrected chi connectivity index (χ2v) is 7.49. The number of hydrogen-bond donors (Lipinski definition) is 3. The van der Waals surface area contributed by atoms with Gasteiger partial charge in [0.25, 0.3) is 0 Å². The smallest absolute Gasteiger partial charge is 0.342 e. The lowest BCUT2D eigenvalue weighted by Gasteiger charge is -2.24. The fraction of sp³-hybridized carbons (Fsp3) is 0.571. The molecular formula is C21H28FNO6. The summed E-state index contributed by atoms with van der Waals surface area (Å²) in [7, 11) is 0. The number of Topliss-reactive ketones (excluding diaryl/α,β-unsaturated/α-hetero) is 2. The lowest BCUT2D eigenvalue weighted by Crippen LogP contribution is -2.38. The first kappa shape index (κ1) is 22.8. The fourth-order valence-electron chi connectivity index (χ4n) is 3.34. The minimum absolute atomic E-state index is 0.00151. The topological polar surface area (TPSA) is 113 Å². The molecule has 160 valence electrons. The Kier molecular flexibility index (Phi) is 7.73. The molecule has 1 aromatic carbocycles. The third-order valence-electron chi connectivity index (χ3n) is 5.21. The maximum Gasteiger partial charge on any atom is 0.342 e. The summed E-state index contributed by atoms with van der Waals surface area (Å²) >= 11 is 0. The van der Waals surface area contributed by atoms with Crippen LogP contribution in [0.5, 0.6) is 5.75 Å². The number of anilines is 1. The number of nitrogens with one attached hydrogen (secondary N) is 1. The Labute approximate surface area is 169 Å². The number of benzene rings is 1. The predicted octanol–water partition coefficient (Wildman–Crippen LogP) is 2.57. The van der Waals surface area contributed by atoms with Crippen LogP contribution in [0.2, 0.25) is 0 Å². The van der Waals surface area contributed by atoms with Gasteiger partial charge in [-0.15, -0.1) is 0 Å². The minimum Gasteiger partial charge on any atom is -0.507 e. The number of phenolic OH excluding ortho intramolecular Hbond substituents is 1. The van der Waals surface area contributed by atoms with E-state index < -0.39 is 41.8 Å². The van der Waals surface area contributed by atoms with E-state index in [1.54, 1.807) is 19.9 Å². The zero-order valence-corrected chi connectivity index (χ0v) is 16.9. The number of aryl methyl sites for hydroxylation is 1. The van der Waals surface area contributed by atoms with Crippen molar-refractivity contribution in [2.24, 2.45) is 5.92 Å². The molecule has 0 saturated heterocycles. The molecule has 0 radical (unpaired) electrons. The number of aromatic hydroxyl groups is 1. The quantitative estimate of drug-likeness (QED) is 0.508. The van der Waals surface area contributed by atoms with Crippen molar-refractivity contribution >= 4 is 23.2 Å². The van der Waals surface area contributed by atoms with Crippen LogP contribution in [0.1, 0.15) is 56.0 Å². The van der Waals surface area contributed by atoms with E-state index in [-0.39, 0.29) is 37.0 Å². The van der Waals surface area contributed by atoms with Crippen molar-refractivity contribution in [3.63, 3.8) is 0 Å². The number of ether oxygens (including phenoxy) is 1. The number of alkyl halides is 1. The van der Waals surface area contributed by atoms with Crippen LogP contribution in [0.4, 0.5) is 10.1 Å². The second-order valence-electron chi connectivity index (χ2n) is 7.49. The van der Waals surface area contributed by atoms with Gasteiger partial charge in [0.2, 0.25) is 11.6 Å². The first-order valence-electron chi connectivity index (χ1n) is 9.85. The molecule has 2 rings (SSSR count). The molecule has 3 N–H and O–H groups in total. The first-order valence-corrected chi connectivity index (χ1v) is 9.85. The van der Waals surface area contributed by atoms with Crippen molar-refractivity contribution in [3.05, 3.63) is 23.3 Å². The average Bonchev–Trinajstić information content (AvgIpc) is 2.65. The number of carbonyl (C=O) groups excluding carboxylic acids is 3. The van der Waals surface area contributed by atoms with E-state index >= 15 is 0 Å². The lowest BCUT2D eigenvalue weighted by atomic mass is 9.92. The Morgan fingerprint density at radius 3 is 2.55 bits per heavy atom. The summed E-state index contributed by atoms with van der Waals surface area (Å²) < 4.78 is 19.7. The van der Waals surface area contributed by atoms with Crippen LogP contribution in [0.3, 0.4) is 0 Å². The van der Waals surface area contributed by atoms with E-state index in [4.69, 9.17) is 4.74 Å². The standard InChI is InChI=1S/C21H28FNO6/c1-4-23-14-9-13-6-5-7-16(24)20(27)19(26)15(22)8-11(2)12(3)29-21(28)18(13)17(25)10-14/h9-12,15,19,23,25-26H,4-8H2,1-3H3/t11-,12-,15?,19?/m0/s1. The van der Waals surface area contributed by atoms with Crippen molar-refractivity contribution in [3.8, 4) is 5.75 Å². The van der Waals surface area contributed by atoms with Crippen molar-refractivity contribution in [1.82, 2.24) is 0 Å². The number of phenols is 1. The molecule has 1 aliphatic rings. The molecule has 0 saturated carbocycles. The number of aliphatic hydroxyl groups excluding tert-OH is 1. The van der Waals surface area contributed by atoms with Crippen LogP contribution in [-0.4, -0.2) is 52.7 Å². The number of hydrogen-bond acceptors (Lipinski definition) is 7. The monoisotopic (exact) mass is 409 g/mol. The highest BCUT2D eigenvalue weighted by molar-refractivity contribution is 6.38. The van der Waals surface area contributed by atoms with Gasteiger partial charge in [0, 0.05) is 24.7 Å². The predicted molar refractivity (Wildman–Crippen MR) is 105 cm³/mol. The van der Waals surface area contributed by atoms with Gasteiger partial charge >= 0.3 is 5.97 Å². The summed E-state index contributed by atoms with van der Waals surface area (Å²) in [6.45, 7) is 5.68. The molecule has 4 atom stereocenters. The van der Waals surface area contributed by atoms with E-state index in [1.807, 2.05) is 6.92 Å². The molecule has 0 spiro atoms.